The molecule has 9 nitrogen and oxygen atoms in total. The van der Waals surface area contributed by atoms with E-state index in [-0.39, 0.29) is 51.9 Å². The van der Waals surface area contributed by atoms with Crippen LogP contribution in [-0.4, -0.2) is 72.6 Å². The molecule has 1 aromatic carbocycles. The van der Waals surface area contributed by atoms with Gasteiger partial charge in [-0.05, 0) is 24.3 Å². The van der Waals surface area contributed by atoms with E-state index in [0.717, 1.165) is 17.3 Å². The number of amides is 1. The summed E-state index contributed by atoms with van der Waals surface area (Å²) < 4.78 is 52.8. The Labute approximate surface area is 191 Å². The summed E-state index contributed by atoms with van der Waals surface area (Å²) >= 11 is 1.11. The van der Waals surface area contributed by atoms with Gasteiger partial charge in [-0.3, -0.25) is 4.79 Å². The summed E-state index contributed by atoms with van der Waals surface area (Å²) in [4.78, 5) is 14.7. The second-order valence-electron chi connectivity index (χ2n) is 8.29. The van der Waals surface area contributed by atoms with E-state index in [4.69, 9.17) is 4.42 Å². The van der Waals surface area contributed by atoms with Gasteiger partial charge in [0.2, 0.25) is 11.8 Å². The number of carbonyl (C=O) groups is 1. The zero-order valence-corrected chi connectivity index (χ0v) is 19.9. The lowest BCUT2D eigenvalue weighted by Crippen LogP contribution is -2.41. The van der Waals surface area contributed by atoms with Crippen molar-refractivity contribution in [3.8, 4) is 0 Å². The fourth-order valence-electron chi connectivity index (χ4n) is 4.09. The number of benzene rings is 1. The van der Waals surface area contributed by atoms with Gasteiger partial charge in [-0.2, -0.15) is 0 Å². The first-order chi connectivity index (χ1) is 15.2. The Morgan fingerprint density at radius 1 is 1.03 bits per heavy atom. The fraction of sp³-hybridized carbons (Fsp3) is 0.550. The molecule has 0 N–H and O–H groups in total. The van der Waals surface area contributed by atoms with Crippen LogP contribution in [0.4, 0.5) is 0 Å². The van der Waals surface area contributed by atoms with Crippen molar-refractivity contribution in [2.75, 3.05) is 28.8 Å². The average Bonchev–Trinajstić information content (AvgIpc) is 3.43. The van der Waals surface area contributed by atoms with E-state index >= 15 is 0 Å². The van der Waals surface area contributed by atoms with Gasteiger partial charge in [-0.25, -0.2) is 16.8 Å². The smallest absolute Gasteiger partial charge is 0.277 e. The molecule has 2 saturated heterocycles. The van der Waals surface area contributed by atoms with Crippen LogP contribution in [0.3, 0.4) is 0 Å². The highest BCUT2D eigenvalue weighted by Crippen LogP contribution is 2.25. The first kappa shape index (κ1) is 23.2. The summed E-state index contributed by atoms with van der Waals surface area (Å²) in [5.74, 6) is 0.588. The highest BCUT2D eigenvalue weighted by atomic mass is 32.2. The highest BCUT2D eigenvalue weighted by molar-refractivity contribution is 7.99. The van der Waals surface area contributed by atoms with Gasteiger partial charge in [0.25, 0.3) is 5.22 Å². The molecule has 0 saturated carbocycles. The lowest BCUT2D eigenvalue weighted by molar-refractivity contribution is -0.130. The first-order valence-corrected chi connectivity index (χ1v) is 15.0. The van der Waals surface area contributed by atoms with Crippen molar-refractivity contribution in [2.24, 2.45) is 5.92 Å². The average molecular weight is 500 g/mol. The molecule has 1 aromatic heterocycles. The van der Waals surface area contributed by atoms with Crippen molar-refractivity contribution in [3.05, 3.63) is 41.8 Å². The summed E-state index contributed by atoms with van der Waals surface area (Å²) in [5.41, 5.74) is 0.932. The lowest BCUT2D eigenvalue weighted by atomic mass is 10.1. The number of carbonyl (C=O) groups excluding carboxylic acids is 1. The molecule has 0 unspecified atom stereocenters. The van der Waals surface area contributed by atoms with Crippen molar-refractivity contribution in [1.82, 2.24) is 15.1 Å². The Morgan fingerprint density at radius 2 is 1.75 bits per heavy atom. The zero-order valence-electron chi connectivity index (χ0n) is 17.4. The Balaban J connectivity index is 1.37. The van der Waals surface area contributed by atoms with Crippen molar-refractivity contribution >= 4 is 37.3 Å². The van der Waals surface area contributed by atoms with E-state index in [9.17, 15) is 21.6 Å². The van der Waals surface area contributed by atoms with Gasteiger partial charge in [0.05, 0.1) is 28.8 Å². The van der Waals surface area contributed by atoms with Crippen molar-refractivity contribution in [3.63, 3.8) is 0 Å². The van der Waals surface area contributed by atoms with Crippen LogP contribution in [0.25, 0.3) is 0 Å². The number of hydrogen-bond acceptors (Lipinski definition) is 9. The van der Waals surface area contributed by atoms with Gasteiger partial charge >= 0.3 is 0 Å². The highest BCUT2D eigenvalue weighted by Gasteiger charge is 2.35. The van der Waals surface area contributed by atoms with E-state index in [1.54, 1.807) is 4.90 Å². The minimum atomic E-state index is -3.13. The Morgan fingerprint density at radius 3 is 2.41 bits per heavy atom. The normalized spacial score (nSPS) is 23.9. The molecule has 0 radical (unpaired) electrons. The number of nitrogens with zero attached hydrogens (tertiary/aromatic N) is 3. The second kappa shape index (κ2) is 9.52. The zero-order chi connectivity index (χ0) is 22.8. The number of aromatic nitrogens is 2. The van der Waals surface area contributed by atoms with Crippen LogP contribution < -0.4 is 0 Å². The summed E-state index contributed by atoms with van der Waals surface area (Å²) in [6, 6.07) is 9.12. The van der Waals surface area contributed by atoms with Crippen molar-refractivity contribution in [1.29, 1.82) is 0 Å². The molecule has 3 heterocycles. The number of thioether (sulfide) groups is 1. The first-order valence-electron chi connectivity index (χ1n) is 10.4. The minimum absolute atomic E-state index is 0.0226. The fourth-order valence-corrected chi connectivity index (χ4v) is 8.35. The minimum Gasteiger partial charge on any atom is -0.416 e. The van der Waals surface area contributed by atoms with Crippen LogP contribution in [0.2, 0.25) is 0 Å². The largest absolute Gasteiger partial charge is 0.416 e. The maximum absolute atomic E-state index is 13.0. The van der Waals surface area contributed by atoms with E-state index in [2.05, 4.69) is 10.2 Å². The number of sulfone groups is 2. The Kier molecular flexibility index (Phi) is 6.91. The molecule has 2 atom stereocenters. The SMILES string of the molecule is O=C(CSc1nnc(C[C@@H]2CCS(=O)(=O)C2)o1)N(Cc1ccccc1)[C@@H]1CCS(=O)(=O)C1. The van der Waals surface area contributed by atoms with Gasteiger partial charge in [-0.15, -0.1) is 10.2 Å². The molecule has 0 aliphatic carbocycles. The van der Waals surface area contributed by atoms with Crippen LogP contribution in [-0.2, 0) is 37.4 Å². The van der Waals surface area contributed by atoms with E-state index < -0.39 is 19.7 Å². The lowest BCUT2D eigenvalue weighted by Gasteiger charge is -2.28. The van der Waals surface area contributed by atoms with Crippen molar-refractivity contribution in [2.45, 2.75) is 37.1 Å². The molecule has 0 bridgehead atoms. The number of rotatable bonds is 8. The van der Waals surface area contributed by atoms with Crippen molar-refractivity contribution < 1.29 is 26.0 Å². The maximum atomic E-state index is 13.0. The van der Waals surface area contributed by atoms with Crippen LogP contribution in [0.1, 0.15) is 24.3 Å². The third-order valence-corrected chi connectivity index (χ3v) is 10.1. The predicted molar refractivity (Wildman–Crippen MR) is 120 cm³/mol. The summed E-state index contributed by atoms with van der Waals surface area (Å²) in [6.45, 7) is 0.339. The molecule has 2 aromatic rings. The van der Waals surface area contributed by atoms with Crippen LogP contribution >= 0.6 is 11.8 Å². The van der Waals surface area contributed by atoms with Gasteiger partial charge in [-0.1, -0.05) is 42.1 Å². The monoisotopic (exact) mass is 499 g/mol. The third kappa shape index (κ3) is 6.10. The molecule has 0 spiro atoms. The molecule has 174 valence electrons. The summed E-state index contributed by atoms with van der Waals surface area (Å²) in [6.07, 6.45) is 1.42. The third-order valence-electron chi connectivity index (χ3n) is 5.72. The predicted octanol–water partition coefficient (Wildman–Crippen LogP) is 1.35. The molecular formula is C20H25N3O6S3. The molecule has 2 fully saturated rings. The van der Waals surface area contributed by atoms with Gasteiger partial charge in [0.1, 0.15) is 0 Å². The van der Waals surface area contributed by atoms with Gasteiger partial charge < -0.3 is 9.32 Å². The maximum Gasteiger partial charge on any atom is 0.277 e. The molecule has 4 rings (SSSR count). The molecule has 2 aliphatic rings. The van der Waals surface area contributed by atoms with E-state index in [1.807, 2.05) is 30.3 Å². The summed E-state index contributed by atoms with van der Waals surface area (Å²) in [5, 5.41) is 8.18. The number of hydrogen-bond donors (Lipinski definition) is 0. The standard InChI is InChI=1S/C20H25N3O6S3/c24-19(12-30-20-22-21-18(29-20)10-16-6-8-31(25,26)13-16)23(11-15-4-2-1-3-5-15)17-7-9-32(27,28)14-17/h1-5,16-17H,6-14H2/t16-,17+/m0/s1. The molecular weight excluding hydrogens is 474 g/mol. The van der Waals surface area contributed by atoms with Crippen LogP contribution in [0.5, 0.6) is 0 Å². The Bertz CT molecular complexity index is 1160. The molecule has 12 heteroatoms. The second-order valence-corrected chi connectivity index (χ2v) is 13.7. The van der Waals surface area contributed by atoms with Crippen LogP contribution in [0.15, 0.2) is 40.0 Å². The Hall–Kier alpha value is -1.92. The van der Waals surface area contributed by atoms with Crippen LogP contribution in [0, 0.1) is 5.92 Å². The quantitative estimate of drug-likeness (QED) is 0.494. The van der Waals surface area contributed by atoms with E-state index in [0.29, 0.717) is 31.7 Å². The molecule has 2 aliphatic heterocycles. The topological polar surface area (TPSA) is 128 Å². The van der Waals surface area contributed by atoms with Gasteiger partial charge in [0.15, 0.2) is 19.7 Å². The summed E-state index contributed by atoms with van der Waals surface area (Å²) in [7, 11) is -6.10. The van der Waals surface area contributed by atoms with E-state index in [1.165, 1.54) is 0 Å². The van der Waals surface area contributed by atoms with Gasteiger partial charge in [0, 0.05) is 19.0 Å². The molecule has 32 heavy (non-hydrogen) atoms. The molecule has 1 amide bonds.